The molecule has 260 valence electrons. The molecule has 9 nitrogen and oxygen atoms in total. The number of ether oxygens (including phenoxy) is 1. The molecule has 0 aliphatic carbocycles. The van der Waals surface area contributed by atoms with Crippen LogP contribution < -0.4 is 10.6 Å². The number of nitrogens with one attached hydrogen (secondary N) is 2. The number of carbonyl (C=O) groups excluding carboxylic acids is 3. The van der Waals surface area contributed by atoms with Gasteiger partial charge in [-0.1, -0.05) is 18.2 Å². The lowest BCUT2D eigenvalue weighted by Gasteiger charge is -2.39. The number of benzene rings is 2. The van der Waals surface area contributed by atoms with Crippen LogP contribution in [0.15, 0.2) is 45.3 Å². The Balaban J connectivity index is 1.03. The van der Waals surface area contributed by atoms with E-state index in [2.05, 4.69) is 48.6 Å². The molecule has 6 rings (SSSR count). The van der Waals surface area contributed by atoms with E-state index in [1.807, 2.05) is 23.1 Å². The molecule has 2 aromatic rings. The van der Waals surface area contributed by atoms with Crippen LogP contribution in [-0.4, -0.2) is 78.2 Å². The number of likely N-dealkylation sites (tertiary alicyclic amines) is 2. The molecule has 0 bridgehead atoms. The standard InChI is InChI=1S/C37H48Br2N4O5/c38-30-21-25(22-31(39)34(30)44)23-33(36(46)42-19-13-27(14-20-42)26-9-15-40-16-10-26)48-37(47)43-17-11-24(12-18-43)5-6-29-8-7-28-3-1-2-4-32(28)41-35(29)45/h1-4,21-22,24,26-27,29,33,40,44H,5-20,23H2,(H,41,45). The molecule has 2 atom stereocenters. The first kappa shape index (κ1) is 35.2. The van der Waals surface area contributed by atoms with Crippen molar-refractivity contribution in [1.82, 2.24) is 15.1 Å². The Morgan fingerprint density at radius 1 is 0.875 bits per heavy atom. The van der Waals surface area contributed by atoms with Gasteiger partial charge in [0.25, 0.3) is 5.91 Å². The van der Waals surface area contributed by atoms with Gasteiger partial charge < -0.3 is 30.3 Å². The molecular formula is C37H48Br2N4O5. The van der Waals surface area contributed by atoms with Gasteiger partial charge in [0, 0.05) is 44.2 Å². The van der Waals surface area contributed by atoms with Gasteiger partial charge in [-0.05, 0) is 156 Å². The summed E-state index contributed by atoms with van der Waals surface area (Å²) in [7, 11) is 0. The molecule has 3 amide bonds. The number of amides is 3. The topological polar surface area (TPSA) is 111 Å². The highest BCUT2D eigenvalue weighted by Crippen LogP contribution is 2.35. The molecular weight excluding hydrogens is 740 g/mol. The number of phenolic OH excluding ortho intramolecular Hbond substituents is 1. The first-order valence-electron chi connectivity index (χ1n) is 17.8. The van der Waals surface area contributed by atoms with Gasteiger partial charge in [0.1, 0.15) is 5.75 Å². The Hall–Kier alpha value is -2.63. The Morgan fingerprint density at radius 3 is 2.23 bits per heavy atom. The highest BCUT2D eigenvalue weighted by molar-refractivity contribution is 9.11. The summed E-state index contributed by atoms with van der Waals surface area (Å²) < 4.78 is 7.08. The van der Waals surface area contributed by atoms with E-state index in [4.69, 9.17) is 4.74 Å². The molecule has 0 radical (unpaired) electrons. The molecule has 4 heterocycles. The molecule has 3 N–H and O–H groups in total. The largest absolute Gasteiger partial charge is 0.506 e. The number of hydrogen-bond acceptors (Lipinski definition) is 6. The van der Waals surface area contributed by atoms with Crippen molar-refractivity contribution in [3.05, 3.63) is 56.5 Å². The van der Waals surface area contributed by atoms with Crippen molar-refractivity contribution in [2.24, 2.45) is 23.7 Å². The lowest BCUT2D eigenvalue weighted by atomic mass is 9.79. The third-order valence-electron chi connectivity index (χ3n) is 11.1. The highest BCUT2D eigenvalue weighted by atomic mass is 79.9. The summed E-state index contributed by atoms with van der Waals surface area (Å²) in [6.07, 6.45) is 8.44. The third kappa shape index (κ3) is 8.74. The number of aromatic hydroxyl groups is 1. The molecule has 2 aromatic carbocycles. The number of phenols is 1. The number of anilines is 1. The minimum atomic E-state index is -0.952. The van der Waals surface area contributed by atoms with Crippen LogP contribution in [0, 0.1) is 23.7 Å². The lowest BCUT2D eigenvalue weighted by Crippen LogP contribution is -2.49. The number of carbonyl (C=O) groups is 3. The Morgan fingerprint density at radius 2 is 1.52 bits per heavy atom. The van der Waals surface area contributed by atoms with Crippen LogP contribution >= 0.6 is 31.9 Å². The van der Waals surface area contributed by atoms with Gasteiger partial charge in [-0.3, -0.25) is 9.59 Å². The third-order valence-corrected chi connectivity index (χ3v) is 12.3. The van der Waals surface area contributed by atoms with Gasteiger partial charge in [0.15, 0.2) is 6.10 Å². The van der Waals surface area contributed by atoms with Crippen LogP contribution in [0.25, 0.3) is 0 Å². The zero-order chi connectivity index (χ0) is 33.6. The van der Waals surface area contributed by atoms with Gasteiger partial charge in [-0.2, -0.15) is 0 Å². The molecule has 0 spiro atoms. The van der Waals surface area contributed by atoms with Crippen molar-refractivity contribution >= 4 is 55.5 Å². The van der Waals surface area contributed by atoms with E-state index in [0.717, 1.165) is 75.7 Å². The highest BCUT2D eigenvalue weighted by Gasteiger charge is 2.35. The van der Waals surface area contributed by atoms with E-state index in [1.54, 1.807) is 17.0 Å². The Kier molecular flexibility index (Phi) is 12.0. The lowest BCUT2D eigenvalue weighted by molar-refractivity contribution is -0.142. The molecule has 11 heteroatoms. The maximum Gasteiger partial charge on any atom is 0.410 e. The molecule has 3 saturated heterocycles. The molecule has 3 fully saturated rings. The number of aryl methyl sites for hydroxylation is 1. The average molecular weight is 789 g/mol. The van der Waals surface area contributed by atoms with E-state index < -0.39 is 12.2 Å². The summed E-state index contributed by atoms with van der Waals surface area (Å²) in [5, 5.41) is 16.8. The SMILES string of the molecule is O=C1Nc2ccccc2CCC1CCC1CCN(C(=O)OC(Cc2cc(Br)c(O)c(Br)c2)C(=O)N2CCC(C3CCNCC3)CC2)CC1. The van der Waals surface area contributed by atoms with E-state index in [-0.39, 0.29) is 29.9 Å². The molecule has 0 saturated carbocycles. The fourth-order valence-corrected chi connectivity index (χ4v) is 9.39. The van der Waals surface area contributed by atoms with Gasteiger partial charge in [0.05, 0.1) is 8.95 Å². The van der Waals surface area contributed by atoms with Crippen molar-refractivity contribution in [3.8, 4) is 5.75 Å². The first-order valence-corrected chi connectivity index (χ1v) is 19.3. The monoisotopic (exact) mass is 786 g/mol. The summed E-state index contributed by atoms with van der Waals surface area (Å²) in [6.45, 7) is 4.66. The fraction of sp³-hybridized carbons (Fsp3) is 0.595. The molecule has 2 unspecified atom stereocenters. The first-order chi connectivity index (χ1) is 23.2. The van der Waals surface area contributed by atoms with Crippen molar-refractivity contribution in [2.75, 3.05) is 44.6 Å². The minimum absolute atomic E-state index is 0.00289. The number of nitrogens with zero attached hydrogens (tertiary/aromatic N) is 2. The normalized spacial score (nSPS) is 22.0. The summed E-state index contributed by atoms with van der Waals surface area (Å²) in [5.41, 5.74) is 2.91. The van der Waals surface area contributed by atoms with Crippen LogP contribution in [-0.2, 0) is 27.2 Å². The quantitative estimate of drug-likeness (QED) is 0.269. The smallest absolute Gasteiger partial charge is 0.410 e. The van der Waals surface area contributed by atoms with Crippen molar-refractivity contribution in [2.45, 2.75) is 76.7 Å². The van der Waals surface area contributed by atoms with Crippen molar-refractivity contribution < 1.29 is 24.2 Å². The van der Waals surface area contributed by atoms with Gasteiger partial charge in [0.2, 0.25) is 5.91 Å². The molecule has 0 aromatic heterocycles. The maximum absolute atomic E-state index is 14.0. The number of piperidine rings is 3. The number of para-hydroxylation sites is 1. The zero-order valence-electron chi connectivity index (χ0n) is 27.6. The fourth-order valence-electron chi connectivity index (χ4n) is 8.11. The van der Waals surface area contributed by atoms with Crippen molar-refractivity contribution in [1.29, 1.82) is 0 Å². The summed E-state index contributed by atoms with van der Waals surface area (Å²) >= 11 is 6.80. The molecule has 4 aliphatic rings. The second-order valence-electron chi connectivity index (χ2n) is 14.1. The number of fused-ring (bicyclic) bond motifs is 1. The van der Waals surface area contributed by atoms with Gasteiger partial charge in [-0.15, -0.1) is 0 Å². The van der Waals surface area contributed by atoms with E-state index >= 15 is 0 Å². The summed E-state index contributed by atoms with van der Waals surface area (Å²) in [6, 6.07) is 11.6. The second kappa shape index (κ2) is 16.4. The predicted molar refractivity (Wildman–Crippen MR) is 193 cm³/mol. The Labute approximate surface area is 300 Å². The number of hydrogen-bond donors (Lipinski definition) is 3. The zero-order valence-corrected chi connectivity index (χ0v) is 30.8. The van der Waals surface area contributed by atoms with Crippen molar-refractivity contribution in [3.63, 3.8) is 0 Å². The van der Waals surface area contributed by atoms with Crippen LogP contribution in [0.3, 0.4) is 0 Å². The average Bonchev–Trinajstić information content (AvgIpc) is 3.27. The Bertz CT molecular complexity index is 1430. The minimum Gasteiger partial charge on any atom is -0.506 e. The van der Waals surface area contributed by atoms with Gasteiger partial charge in [-0.25, -0.2) is 4.79 Å². The van der Waals surface area contributed by atoms with Crippen LogP contribution in [0.4, 0.5) is 10.5 Å². The summed E-state index contributed by atoms with van der Waals surface area (Å²) in [5.74, 6) is 1.84. The van der Waals surface area contributed by atoms with Crippen LogP contribution in [0.1, 0.15) is 68.9 Å². The van der Waals surface area contributed by atoms with Crippen LogP contribution in [0.5, 0.6) is 5.75 Å². The number of halogens is 2. The van der Waals surface area contributed by atoms with E-state index in [0.29, 0.717) is 52.9 Å². The van der Waals surface area contributed by atoms with E-state index in [9.17, 15) is 19.5 Å². The van der Waals surface area contributed by atoms with Gasteiger partial charge >= 0.3 is 6.09 Å². The van der Waals surface area contributed by atoms with Crippen LogP contribution in [0.2, 0.25) is 0 Å². The summed E-state index contributed by atoms with van der Waals surface area (Å²) in [4.78, 5) is 44.0. The molecule has 48 heavy (non-hydrogen) atoms. The predicted octanol–water partition coefficient (Wildman–Crippen LogP) is 6.90. The maximum atomic E-state index is 14.0. The second-order valence-corrected chi connectivity index (χ2v) is 15.8. The van der Waals surface area contributed by atoms with E-state index in [1.165, 1.54) is 18.4 Å². The molecule has 4 aliphatic heterocycles. The number of rotatable bonds is 8.